The van der Waals surface area contributed by atoms with Crippen LogP contribution in [0.25, 0.3) is 0 Å². The van der Waals surface area contributed by atoms with Crippen LogP contribution in [-0.4, -0.2) is 18.4 Å². The minimum Gasteiger partial charge on any atom is -0.342 e. The molecule has 110 valence electrons. The molecule has 0 aliphatic heterocycles. The molecule has 2 aromatic rings. The van der Waals surface area contributed by atoms with Crippen molar-refractivity contribution in [3.05, 3.63) is 51.2 Å². The van der Waals surface area contributed by atoms with Crippen LogP contribution in [0.5, 0.6) is 0 Å². The molecule has 4 nitrogen and oxygen atoms in total. The maximum absolute atomic E-state index is 12.0. The number of carbonyl (C=O) groups is 2. The van der Waals surface area contributed by atoms with Crippen LogP contribution in [0.15, 0.2) is 29.6 Å². The van der Waals surface area contributed by atoms with Gasteiger partial charge in [-0.2, -0.15) is 0 Å². The SMILES string of the molecule is Cc1cc(C)c(NC(=O)CNC(=O)c2cccs2)c(C)c1. The van der Waals surface area contributed by atoms with Crippen LogP contribution < -0.4 is 10.6 Å². The van der Waals surface area contributed by atoms with Crippen LogP contribution in [-0.2, 0) is 4.79 Å². The van der Waals surface area contributed by atoms with Gasteiger partial charge in [0.25, 0.3) is 5.91 Å². The highest BCUT2D eigenvalue weighted by Crippen LogP contribution is 2.21. The number of hydrogen-bond acceptors (Lipinski definition) is 3. The Balaban J connectivity index is 1.95. The van der Waals surface area contributed by atoms with E-state index in [1.54, 1.807) is 12.1 Å². The normalized spacial score (nSPS) is 10.2. The molecule has 0 saturated carbocycles. The van der Waals surface area contributed by atoms with Crippen LogP contribution in [0.1, 0.15) is 26.4 Å². The van der Waals surface area contributed by atoms with E-state index < -0.39 is 0 Å². The average molecular weight is 302 g/mol. The fourth-order valence-electron chi connectivity index (χ4n) is 2.22. The van der Waals surface area contributed by atoms with Crippen LogP contribution >= 0.6 is 11.3 Å². The lowest BCUT2D eigenvalue weighted by molar-refractivity contribution is -0.115. The number of amides is 2. The zero-order valence-corrected chi connectivity index (χ0v) is 13.1. The lowest BCUT2D eigenvalue weighted by Crippen LogP contribution is -2.32. The standard InChI is InChI=1S/C16H18N2O2S/c1-10-7-11(2)15(12(3)8-10)18-14(19)9-17-16(20)13-5-4-6-21-13/h4-8H,9H2,1-3H3,(H,17,20)(H,18,19). The van der Waals surface area contributed by atoms with E-state index in [1.807, 2.05) is 38.3 Å². The van der Waals surface area contributed by atoms with Crippen molar-refractivity contribution in [2.75, 3.05) is 11.9 Å². The predicted molar refractivity (Wildman–Crippen MR) is 85.9 cm³/mol. The molecule has 0 atom stereocenters. The molecular formula is C16H18N2O2S. The number of anilines is 1. The molecule has 0 fully saturated rings. The Bertz CT molecular complexity index is 640. The van der Waals surface area contributed by atoms with Crippen molar-refractivity contribution in [2.45, 2.75) is 20.8 Å². The van der Waals surface area contributed by atoms with E-state index in [9.17, 15) is 9.59 Å². The summed E-state index contributed by atoms with van der Waals surface area (Å²) in [7, 11) is 0. The number of thiophene rings is 1. The maximum Gasteiger partial charge on any atom is 0.261 e. The van der Waals surface area contributed by atoms with Gasteiger partial charge in [-0.15, -0.1) is 11.3 Å². The van der Waals surface area contributed by atoms with E-state index in [2.05, 4.69) is 10.6 Å². The molecule has 1 heterocycles. The average Bonchev–Trinajstić information content (AvgIpc) is 2.94. The molecule has 0 saturated heterocycles. The van der Waals surface area contributed by atoms with Gasteiger partial charge in [0.05, 0.1) is 11.4 Å². The van der Waals surface area contributed by atoms with Gasteiger partial charge in [-0.25, -0.2) is 0 Å². The minimum absolute atomic E-state index is 0.0382. The molecular weight excluding hydrogens is 284 g/mol. The summed E-state index contributed by atoms with van der Waals surface area (Å²) in [5.41, 5.74) is 4.01. The minimum atomic E-state index is -0.227. The summed E-state index contributed by atoms with van der Waals surface area (Å²) < 4.78 is 0. The van der Waals surface area contributed by atoms with Crippen LogP contribution in [0.3, 0.4) is 0 Å². The van der Waals surface area contributed by atoms with Crippen molar-refractivity contribution in [1.29, 1.82) is 0 Å². The number of benzene rings is 1. The first-order valence-electron chi connectivity index (χ1n) is 6.67. The van der Waals surface area contributed by atoms with Crippen LogP contribution in [0.4, 0.5) is 5.69 Å². The summed E-state index contributed by atoms with van der Waals surface area (Å²) in [4.78, 5) is 24.3. The highest BCUT2D eigenvalue weighted by molar-refractivity contribution is 7.12. The Morgan fingerprint density at radius 3 is 2.38 bits per heavy atom. The van der Waals surface area contributed by atoms with Crippen molar-refractivity contribution in [1.82, 2.24) is 5.32 Å². The zero-order chi connectivity index (χ0) is 15.4. The molecule has 0 aliphatic rings. The zero-order valence-electron chi connectivity index (χ0n) is 12.3. The molecule has 2 rings (SSSR count). The quantitative estimate of drug-likeness (QED) is 0.912. The number of carbonyl (C=O) groups excluding carboxylic acids is 2. The highest BCUT2D eigenvalue weighted by atomic mass is 32.1. The molecule has 0 aliphatic carbocycles. The summed E-state index contributed by atoms with van der Waals surface area (Å²) in [6.45, 7) is 5.90. The van der Waals surface area contributed by atoms with Gasteiger partial charge in [-0.3, -0.25) is 9.59 Å². The first-order chi connectivity index (χ1) is 9.97. The molecule has 1 aromatic carbocycles. The van der Waals surface area contributed by atoms with E-state index in [1.165, 1.54) is 11.3 Å². The molecule has 2 N–H and O–H groups in total. The Morgan fingerprint density at radius 1 is 1.14 bits per heavy atom. The summed E-state index contributed by atoms with van der Waals surface area (Å²) in [5, 5.41) is 7.30. The Labute approximate surface area is 128 Å². The molecule has 0 bridgehead atoms. The Hall–Kier alpha value is -2.14. The van der Waals surface area contributed by atoms with Crippen molar-refractivity contribution in [2.24, 2.45) is 0 Å². The molecule has 1 aromatic heterocycles. The monoisotopic (exact) mass is 302 g/mol. The second-order valence-corrected chi connectivity index (χ2v) is 5.93. The van der Waals surface area contributed by atoms with Gasteiger partial charge < -0.3 is 10.6 Å². The Morgan fingerprint density at radius 2 is 1.81 bits per heavy atom. The third kappa shape index (κ3) is 3.92. The number of hydrogen-bond donors (Lipinski definition) is 2. The van der Waals surface area contributed by atoms with E-state index in [0.29, 0.717) is 4.88 Å². The number of nitrogens with one attached hydrogen (secondary N) is 2. The van der Waals surface area contributed by atoms with Gasteiger partial charge in [0, 0.05) is 5.69 Å². The van der Waals surface area contributed by atoms with Gasteiger partial charge in [0.15, 0.2) is 0 Å². The molecule has 5 heteroatoms. The van der Waals surface area contributed by atoms with E-state index >= 15 is 0 Å². The van der Waals surface area contributed by atoms with E-state index in [-0.39, 0.29) is 18.4 Å². The molecule has 0 spiro atoms. The largest absolute Gasteiger partial charge is 0.342 e. The summed E-state index contributed by atoms with van der Waals surface area (Å²) in [6, 6.07) is 7.57. The second kappa shape index (κ2) is 6.54. The smallest absolute Gasteiger partial charge is 0.261 e. The summed E-state index contributed by atoms with van der Waals surface area (Å²) in [5.74, 6) is -0.451. The molecule has 2 amide bonds. The van der Waals surface area contributed by atoms with Crippen molar-refractivity contribution < 1.29 is 9.59 Å². The molecule has 0 radical (unpaired) electrons. The van der Waals surface area contributed by atoms with Crippen molar-refractivity contribution in [3.8, 4) is 0 Å². The topological polar surface area (TPSA) is 58.2 Å². The van der Waals surface area contributed by atoms with Crippen LogP contribution in [0.2, 0.25) is 0 Å². The van der Waals surface area contributed by atoms with Crippen LogP contribution in [0, 0.1) is 20.8 Å². The fraction of sp³-hybridized carbons (Fsp3) is 0.250. The maximum atomic E-state index is 12.0. The number of rotatable bonds is 4. The Kier molecular flexibility index (Phi) is 4.75. The second-order valence-electron chi connectivity index (χ2n) is 4.98. The van der Waals surface area contributed by atoms with Gasteiger partial charge in [-0.05, 0) is 43.3 Å². The van der Waals surface area contributed by atoms with Crippen molar-refractivity contribution in [3.63, 3.8) is 0 Å². The van der Waals surface area contributed by atoms with Gasteiger partial charge in [0.2, 0.25) is 5.91 Å². The highest BCUT2D eigenvalue weighted by Gasteiger charge is 2.11. The molecule has 0 unspecified atom stereocenters. The third-order valence-corrected chi connectivity index (χ3v) is 3.96. The van der Waals surface area contributed by atoms with E-state index in [0.717, 1.165) is 22.4 Å². The van der Waals surface area contributed by atoms with Gasteiger partial charge in [-0.1, -0.05) is 23.8 Å². The first kappa shape index (κ1) is 15.3. The fourth-order valence-corrected chi connectivity index (χ4v) is 2.86. The lowest BCUT2D eigenvalue weighted by atomic mass is 10.1. The predicted octanol–water partition coefficient (Wildman–Crippen LogP) is 3.04. The first-order valence-corrected chi connectivity index (χ1v) is 7.54. The molecule has 21 heavy (non-hydrogen) atoms. The third-order valence-electron chi connectivity index (χ3n) is 3.10. The van der Waals surface area contributed by atoms with Gasteiger partial charge in [0.1, 0.15) is 0 Å². The summed E-state index contributed by atoms with van der Waals surface area (Å²) in [6.07, 6.45) is 0. The van der Waals surface area contributed by atoms with E-state index in [4.69, 9.17) is 0 Å². The van der Waals surface area contributed by atoms with Crippen molar-refractivity contribution >= 4 is 28.8 Å². The lowest BCUT2D eigenvalue weighted by Gasteiger charge is -2.13. The van der Waals surface area contributed by atoms with Gasteiger partial charge >= 0.3 is 0 Å². The summed E-state index contributed by atoms with van der Waals surface area (Å²) >= 11 is 1.35. The number of aryl methyl sites for hydroxylation is 3.